The monoisotopic (exact) mass is 295 g/mol. The quantitative estimate of drug-likeness (QED) is 0.820. The second kappa shape index (κ2) is 5.59. The number of hydrogen-bond donors (Lipinski definition) is 0. The van der Waals surface area contributed by atoms with E-state index in [1.807, 2.05) is 6.07 Å². The predicted molar refractivity (Wildman–Crippen MR) is 58.5 cm³/mol. The zero-order chi connectivity index (χ0) is 10.0. The van der Waals surface area contributed by atoms with Gasteiger partial charge in [0.05, 0.1) is 5.69 Å². The Morgan fingerprint density at radius 1 is 1.29 bits per heavy atom. The van der Waals surface area contributed by atoms with Crippen LogP contribution < -0.4 is 5.56 Å². The van der Waals surface area contributed by atoms with Crippen LogP contribution in [-0.2, 0) is 7.05 Å². The van der Waals surface area contributed by atoms with Crippen LogP contribution in [0.5, 0.6) is 0 Å². The van der Waals surface area contributed by atoms with Crippen molar-refractivity contribution < 1.29 is 0 Å². The summed E-state index contributed by atoms with van der Waals surface area (Å²) in [5, 5.41) is 4.20. The molecule has 4 heteroatoms. The van der Waals surface area contributed by atoms with Crippen LogP contribution in [-0.4, -0.2) is 35.6 Å². The fraction of sp³-hybridized carbons (Fsp3) is 0.600. The molecule has 0 spiro atoms. The third kappa shape index (κ3) is 3.15. The molecular formula is C10H16InN2O. The Hall–Kier alpha value is -0.250. The van der Waals surface area contributed by atoms with Crippen molar-refractivity contribution in [3.8, 4) is 0 Å². The van der Waals surface area contributed by atoms with Crippen LogP contribution in [0.2, 0.25) is 0 Å². The molecular weight excluding hydrogens is 279 g/mol. The predicted octanol–water partition coefficient (Wildman–Crippen LogP) is 1.16. The van der Waals surface area contributed by atoms with Gasteiger partial charge >= 0.3 is 0 Å². The third-order valence-corrected chi connectivity index (χ3v) is 2.45. The minimum absolute atomic E-state index is 0. The number of rotatable bonds is 2. The topological polar surface area (TPSA) is 34.9 Å². The fourth-order valence-corrected chi connectivity index (χ4v) is 1.10. The van der Waals surface area contributed by atoms with Crippen molar-refractivity contribution in [2.45, 2.75) is 26.7 Å². The maximum atomic E-state index is 11.1. The van der Waals surface area contributed by atoms with Crippen LogP contribution in [0.4, 0.5) is 0 Å². The SMILES string of the molecule is CC(C)C(C)c1ccc(=O)n(C)n1.[In]. The Balaban J connectivity index is 0.00000169. The number of aryl methyl sites for hydroxylation is 1. The van der Waals surface area contributed by atoms with Crippen molar-refractivity contribution in [2.24, 2.45) is 13.0 Å². The molecule has 0 aliphatic heterocycles. The molecule has 0 aliphatic rings. The van der Waals surface area contributed by atoms with Crippen molar-refractivity contribution in [3.05, 3.63) is 28.2 Å². The Morgan fingerprint density at radius 3 is 2.29 bits per heavy atom. The zero-order valence-corrected chi connectivity index (χ0v) is 12.5. The van der Waals surface area contributed by atoms with Crippen molar-refractivity contribution in [2.75, 3.05) is 0 Å². The van der Waals surface area contributed by atoms with Crippen molar-refractivity contribution in [1.82, 2.24) is 9.78 Å². The molecule has 3 radical (unpaired) electrons. The molecule has 1 rings (SSSR count). The van der Waals surface area contributed by atoms with Gasteiger partial charge < -0.3 is 0 Å². The fourth-order valence-electron chi connectivity index (χ4n) is 1.10. The first-order valence-corrected chi connectivity index (χ1v) is 4.56. The standard InChI is InChI=1S/C10H16N2O.In/c1-7(2)8(3)9-5-6-10(13)12(4)11-9;/h5-8H,1-4H3;. The van der Waals surface area contributed by atoms with Crippen LogP contribution in [0.1, 0.15) is 32.4 Å². The number of aromatic nitrogens is 2. The summed E-state index contributed by atoms with van der Waals surface area (Å²) in [4.78, 5) is 11.1. The van der Waals surface area contributed by atoms with E-state index in [0.717, 1.165) is 5.69 Å². The smallest absolute Gasteiger partial charge is 0.266 e. The second-order valence-electron chi connectivity index (χ2n) is 3.75. The Bertz CT molecular complexity index is 346. The van der Waals surface area contributed by atoms with Crippen molar-refractivity contribution >= 4 is 25.8 Å². The average molecular weight is 295 g/mol. The van der Waals surface area contributed by atoms with Gasteiger partial charge in [-0.15, -0.1) is 0 Å². The van der Waals surface area contributed by atoms with Crippen LogP contribution >= 0.6 is 0 Å². The van der Waals surface area contributed by atoms with E-state index in [0.29, 0.717) is 11.8 Å². The van der Waals surface area contributed by atoms with Gasteiger partial charge in [-0.2, -0.15) is 5.10 Å². The molecule has 1 aromatic heterocycles. The minimum Gasteiger partial charge on any atom is -0.268 e. The van der Waals surface area contributed by atoms with Crippen molar-refractivity contribution in [1.29, 1.82) is 0 Å². The molecule has 14 heavy (non-hydrogen) atoms. The number of hydrogen-bond acceptors (Lipinski definition) is 2. The van der Waals surface area contributed by atoms with Gasteiger partial charge in [0, 0.05) is 44.9 Å². The molecule has 75 valence electrons. The van der Waals surface area contributed by atoms with Gasteiger partial charge in [-0.25, -0.2) is 4.68 Å². The maximum Gasteiger partial charge on any atom is 0.266 e. The summed E-state index contributed by atoms with van der Waals surface area (Å²) < 4.78 is 1.38. The van der Waals surface area contributed by atoms with E-state index in [2.05, 4.69) is 25.9 Å². The maximum absolute atomic E-state index is 11.1. The minimum atomic E-state index is -0.0558. The first kappa shape index (κ1) is 13.8. The Kier molecular flexibility index (Phi) is 5.49. The molecule has 0 amide bonds. The molecule has 1 aromatic rings. The van der Waals surface area contributed by atoms with Gasteiger partial charge in [-0.05, 0) is 12.0 Å². The van der Waals surface area contributed by atoms with Gasteiger partial charge in [-0.3, -0.25) is 4.79 Å². The summed E-state index contributed by atoms with van der Waals surface area (Å²) >= 11 is 0. The van der Waals surface area contributed by atoms with Crippen LogP contribution in [0.3, 0.4) is 0 Å². The molecule has 0 saturated heterocycles. The summed E-state index contributed by atoms with van der Waals surface area (Å²) in [7, 11) is 1.68. The molecule has 1 atom stereocenters. The van der Waals surface area contributed by atoms with Gasteiger partial charge in [0.1, 0.15) is 0 Å². The summed E-state index contributed by atoms with van der Waals surface area (Å²) in [5.74, 6) is 0.941. The van der Waals surface area contributed by atoms with E-state index in [4.69, 9.17) is 0 Å². The molecule has 0 N–H and O–H groups in total. The normalized spacial score (nSPS) is 12.4. The summed E-state index contributed by atoms with van der Waals surface area (Å²) in [6.45, 7) is 6.42. The number of nitrogens with zero attached hydrogens (tertiary/aromatic N) is 2. The zero-order valence-electron chi connectivity index (χ0n) is 9.19. The summed E-state index contributed by atoms with van der Waals surface area (Å²) in [5.41, 5.74) is 0.928. The van der Waals surface area contributed by atoms with E-state index < -0.39 is 0 Å². The molecule has 0 aliphatic carbocycles. The van der Waals surface area contributed by atoms with Gasteiger partial charge in [0.15, 0.2) is 0 Å². The molecule has 1 heterocycles. The molecule has 0 saturated carbocycles. The van der Waals surface area contributed by atoms with Gasteiger partial charge in [-0.1, -0.05) is 20.8 Å². The molecule has 0 aromatic carbocycles. The third-order valence-electron chi connectivity index (χ3n) is 2.45. The second-order valence-corrected chi connectivity index (χ2v) is 3.75. The molecule has 3 nitrogen and oxygen atoms in total. The summed E-state index contributed by atoms with van der Waals surface area (Å²) in [6.07, 6.45) is 0. The molecule has 0 bridgehead atoms. The van der Waals surface area contributed by atoms with Crippen molar-refractivity contribution in [3.63, 3.8) is 0 Å². The van der Waals surface area contributed by atoms with Crippen LogP contribution in [0, 0.1) is 5.92 Å². The van der Waals surface area contributed by atoms with E-state index in [1.54, 1.807) is 13.1 Å². The van der Waals surface area contributed by atoms with E-state index in [-0.39, 0.29) is 31.4 Å². The Labute approximate surface area is 103 Å². The van der Waals surface area contributed by atoms with E-state index in [9.17, 15) is 4.79 Å². The first-order valence-electron chi connectivity index (χ1n) is 4.56. The average Bonchev–Trinajstić information content (AvgIpc) is 2.08. The van der Waals surface area contributed by atoms with Gasteiger partial charge in [0.25, 0.3) is 5.56 Å². The first-order chi connectivity index (χ1) is 6.02. The molecule has 0 fully saturated rings. The summed E-state index contributed by atoms with van der Waals surface area (Å²) in [6, 6.07) is 3.38. The van der Waals surface area contributed by atoms with Crippen LogP contribution in [0.25, 0.3) is 0 Å². The van der Waals surface area contributed by atoms with Crippen LogP contribution in [0.15, 0.2) is 16.9 Å². The largest absolute Gasteiger partial charge is 0.268 e. The Morgan fingerprint density at radius 2 is 1.86 bits per heavy atom. The van der Waals surface area contributed by atoms with E-state index in [1.165, 1.54) is 4.68 Å². The van der Waals surface area contributed by atoms with Gasteiger partial charge in [0.2, 0.25) is 0 Å². The molecule has 1 unspecified atom stereocenters. The van der Waals surface area contributed by atoms with E-state index >= 15 is 0 Å².